The zero-order valence-electron chi connectivity index (χ0n) is 12.3. The van der Waals surface area contributed by atoms with E-state index in [9.17, 15) is 14.9 Å². The van der Waals surface area contributed by atoms with Gasteiger partial charge in [0.2, 0.25) is 6.33 Å². The third-order valence-electron chi connectivity index (χ3n) is 3.74. The van der Waals surface area contributed by atoms with Crippen molar-refractivity contribution in [2.24, 2.45) is 7.05 Å². The van der Waals surface area contributed by atoms with Crippen LogP contribution < -0.4 is 0 Å². The van der Waals surface area contributed by atoms with Crippen molar-refractivity contribution in [3.05, 3.63) is 22.1 Å². The van der Waals surface area contributed by atoms with Gasteiger partial charge in [-0.3, -0.25) is 9.69 Å². The van der Waals surface area contributed by atoms with E-state index in [0.717, 1.165) is 25.8 Å². The summed E-state index contributed by atoms with van der Waals surface area (Å²) < 4.78 is 6.74. The molecule has 21 heavy (non-hydrogen) atoms. The molecule has 1 aliphatic rings. The minimum Gasteiger partial charge on any atom is -0.465 e. The van der Waals surface area contributed by atoms with Gasteiger partial charge >= 0.3 is 11.8 Å². The van der Waals surface area contributed by atoms with E-state index in [4.69, 9.17) is 4.74 Å². The predicted molar refractivity (Wildman–Crippen MR) is 74.5 cm³/mol. The molecule has 116 valence electrons. The summed E-state index contributed by atoms with van der Waals surface area (Å²) >= 11 is 0. The molecule has 0 aliphatic carbocycles. The largest absolute Gasteiger partial charge is 0.465 e. The molecule has 0 spiro atoms. The van der Waals surface area contributed by atoms with Crippen LogP contribution in [0.25, 0.3) is 0 Å². The van der Waals surface area contributed by atoms with E-state index in [0.29, 0.717) is 18.8 Å². The monoisotopic (exact) mass is 296 g/mol. The first-order chi connectivity index (χ1) is 10.0. The number of carbonyl (C=O) groups is 1. The Bertz CT molecular complexity index is 528. The minimum atomic E-state index is -0.487. The highest BCUT2D eigenvalue weighted by Crippen LogP contribution is 2.24. The van der Waals surface area contributed by atoms with E-state index in [1.165, 1.54) is 6.33 Å². The van der Waals surface area contributed by atoms with Gasteiger partial charge in [-0.2, -0.15) is 0 Å². The summed E-state index contributed by atoms with van der Waals surface area (Å²) in [4.78, 5) is 28.3. The number of aryl methyl sites for hydroxylation is 1. The van der Waals surface area contributed by atoms with Crippen LogP contribution in [0.3, 0.4) is 0 Å². The molecule has 2 rings (SSSR count). The molecule has 0 unspecified atom stereocenters. The van der Waals surface area contributed by atoms with Crippen LogP contribution >= 0.6 is 0 Å². The Hall–Kier alpha value is -1.96. The van der Waals surface area contributed by atoms with E-state index in [1.807, 2.05) is 4.90 Å². The summed E-state index contributed by atoms with van der Waals surface area (Å²) in [5.74, 6) is -0.396. The Balaban J connectivity index is 2.18. The van der Waals surface area contributed by atoms with Crippen molar-refractivity contribution >= 4 is 11.8 Å². The van der Waals surface area contributed by atoms with E-state index in [2.05, 4.69) is 4.98 Å². The number of esters is 1. The molecule has 0 aromatic carbocycles. The summed E-state index contributed by atoms with van der Waals surface area (Å²) in [7, 11) is 1.72. The lowest BCUT2D eigenvalue weighted by molar-refractivity contribution is -0.390. The molecule has 0 saturated carbocycles. The van der Waals surface area contributed by atoms with Crippen LogP contribution in [0.2, 0.25) is 0 Å². The van der Waals surface area contributed by atoms with Crippen molar-refractivity contribution < 1.29 is 14.5 Å². The second-order valence-corrected chi connectivity index (χ2v) is 5.12. The maximum atomic E-state index is 12.0. The van der Waals surface area contributed by atoms with Crippen LogP contribution in [0.5, 0.6) is 0 Å². The van der Waals surface area contributed by atoms with Crippen molar-refractivity contribution in [1.82, 2.24) is 14.5 Å². The highest BCUT2D eigenvalue weighted by atomic mass is 16.6. The summed E-state index contributed by atoms with van der Waals surface area (Å²) in [6, 6.07) is -0.326. The maximum Gasteiger partial charge on any atom is 0.386 e. The number of piperidine rings is 1. The number of likely N-dealkylation sites (tertiary alicyclic amines) is 1. The molecule has 1 saturated heterocycles. The molecule has 1 aromatic rings. The van der Waals surface area contributed by atoms with Crippen LogP contribution in [-0.4, -0.2) is 44.5 Å². The number of hydrogen-bond acceptors (Lipinski definition) is 6. The number of rotatable bonds is 5. The number of aromatic nitrogens is 2. The first kappa shape index (κ1) is 15.4. The topological polar surface area (TPSA) is 90.5 Å². The van der Waals surface area contributed by atoms with Gasteiger partial charge in [0.15, 0.2) is 0 Å². The van der Waals surface area contributed by atoms with Gasteiger partial charge in [0.25, 0.3) is 0 Å². The number of hydrogen-bond donors (Lipinski definition) is 0. The molecule has 8 nitrogen and oxygen atoms in total. The third-order valence-corrected chi connectivity index (χ3v) is 3.74. The average Bonchev–Trinajstić information content (AvgIpc) is 2.81. The number of carbonyl (C=O) groups excluding carboxylic acids is 1. The fraction of sp³-hybridized carbons (Fsp3) is 0.692. The molecule has 1 aromatic heterocycles. The van der Waals surface area contributed by atoms with Crippen LogP contribution in [-0.2, 0) is 23.1 Å². The maximum absolute atomic E-state index is 12.0. The molecule has 1 aliphatic heterocycles. The lowest BCUT2D eigenvalue weighted by atomic mass is 10.0. The van der Waals surface area contributed by atoms with Crippen molar-refractivity contribution in [2.75, 3.05) is 13.2 Å². The van der Waals surface area contributed by atoms with Gasteiger partial charge in [-0.1, -0.05) is 6.42 Å². The number of ether oxygens (including phenoxy) is 1. The minimum absolute atomic E-state index is 0.148. The summed E-state index contributed by atoms with van der Waals surface area (Å²) in [6.07, 6.45) is 4.09. The van der Waals surface area contributed by atoms with Crippen LogP contribution in [0.4, 0.5) is 5.82 Å². The van der Waals surface area contributed by atoms with Gasteiger partial charge in [-0.25, -0.2) is 0 Å². The Morgan fingerprint density at radius 2 is 2.33 bits per heavy atom. The number of imidazole rings is 1. The van der Waals surface area contributed by atoms with E-state index in [-0.39, 0.29) is 17.8 Å². The van der Waals surface area contributed by atoms with Crippen LogP contribution in [0, 0.1) is 10.1 Å². The summed E-state index contributed by atoms with van der Waals surface area (Å²) in [6.45, 7) is 3.17. The third kappa shape index (κ3) is 3.38. The Labute approximate surface area is 122 Å². The smallest absolute Gasteiger partial charge is 0.386 e. The molecule has 0 N–H and O–H groups in total. The number of nitro groups is 1. The molecule has 2 heterocycles. The summed E-state index contributed by atoms with van der Waals surface area (Å²) in [5.41, 5.74) is 0.510. The molecule has 0 amide bonds. The normalized spacial score (nSPS) is 19.4. The molecular formula is C13H20N4O4. The quantitative estimate of drug-likeness (QED) is 0.461. The predicted octanol–water partition coefficient (Wildman–Crippen LogP) is 1.25. The Kier molecular flexibility index (Phi) is 4.89. The SMILES string of the molecule is CCOC(=O)[C@@H]1CCCCN1Cc1c([N+](=O)[O-])ncn1C. The first-order valence-electron chi connectivity index (χ1n) is 7.09. The highest BCUT2D eigenvalue weighted by Gasteiger charge is 2.32. The van der Waals surface area contributed by atoms with Gasteiger partial charge in [0.05, 0.1) is 6.61 Å². The Morgan fingerprint density at radius 3 is 3.00 bits per heavy atom. The van der Waals surface area contributed by atoms with E-state index in [1.54, 1.807) is 18.5 Å². The fourth-order valence-corrected chi connectivity index (χ4v) is 2.66. The van der Waals surface area contributed by atoms with Crippen molar-refractivity contribution in [2.45, 2.75) is 38.8 Å². The van der Waals surface area contributed by atoms with Crippen molar-refractivity contribution in [3.8, 4) is 0 Å². The van der Waals surface area contributed by atoms with Crippen LogP contribution in [0.15, 0.2) is 6.33 Å². The van der Waals surface area contributed by atoms with Gasteiger partial charge in [0.1, 0.15) is 11.7 Å². The second-order valence-electron chi connectivity index (χ2n) is 5.12. The van der Waals surface area contributed by atoms with Crippen molar-refractivity contribution in [1.29, 1.82) is 0 Å². The molecule has 8 heteroatoms. The Morgan fingerprint density at radius 1 is 1.57 bits per heavy atom. The molecule has 1 atom stereocenters. The number of nitrogens with zero attached hydrogens (tertiary/aromatic N) is 4. The van der Waals surface area contributed by atoms with Gasteiger partial charge in [-0.05, 0) is 36.2 Å². The van der Waals surface area contributed by atoms with Gasteiger partial charge in [0, 0.05) is 13.6 Å². The lowest BCUT2D eigenvalue weighted by Gasteiger charge is -2.33. The zero-order valence-corrected chi connectivity index (χ0v) is 12.3. The zero-order chi connectivity index (χ0) is 15.4. The molecular weight excluding hydrogens is 276 g/mol. The van der Waals surface area contributed by atoms with Crippen LogP contribution in [0.1, 0.15) is 31.9 Å². The molecule has 0 radical (unpaired) electrons. The van der Waals surface area contributed by atoms with Gasteiger partial charge in [-0.15, -0.1) is 0 Å². The average molecular weight is 296 g/mol. The molecule has 1 fully saturated rings. The second kappa shape index (κ2) is 6.66. The van der Waals surface area contributed by atoms with E-state index < -0.39 is 4.92 Å². The summed E-state index contributed by atoms with van der Waals surface area (Å²) in [5, 5.41) is 11.0. The van der Waals surface area contributed by atoms with E-state index >= 15 is 0 Å². The standard InChI is InChI=1S/C13H20N4O4/c1-3-21-13(18)10-6-4-5-7-16(10)8-11-12(17(19)20)14-9-15(11)2/h9-10H,3-8H2,1-2H3/t10-/m0/s1. The van der Waals surface area contributed by atoms with Crippen molar-refractivity contribution in [3.63, 3.8) is 0 Å². The fourth-order valence-electron chi connectivity index (χ4n) is 2.66. The first-order valence-corrected chi connectivity index (χ1v) is 7.09. The lowest BCUT2D eigenvalue weighted by Crippen LogP contribution is -2.45. The highest BCUT2D eigenvalue weighted by molar-refractivity contribution is 5.75. The van der Waals surface area contributed by atoms with Gasteiger partial charge < -0.3 is 19.4 Å². The molecule has 0 bridgehead atoms.